The lowest BCUT2D eigenvalue weighted by Gasteiger charge is -2.43. The summed E-state index contributed by atoms with van der Waals surface area (Å²) >= 11 is 0. The van der Waals surface area contributed by atoms with Crippen molar-refractivity contribution in [1.29, 1.82) is 0 Å². The maximum atomic E-state index is 11.7. The van der Waals surface area contributed by atoms with Crippen LogP contribution in [0, 0.1) is 5.92 Å². The number of aliphatic hydroxyl groups is 1. The number of likely N-dealkylation sites (tertiary alicyclic amines) is 1. The van der Waals surface area contributed by atoms with Crippen LogP contribution < -0.4 is 5.73 Å². The van der Waals surface area contributed by atoms with E-state index < -0.39 is 0 Å². The molecular formula is C14H28N2O3. The highest BCUT2D eigenvalue weighted by Crippen LogP contribution is 2.27. The van der Waals surface area contributed by atoms with Gasteiger partial charge in [0.05, 0.1) is 19.1 Å². The molecule has 0 amide bonds. The first-order valence-electron chi connectivity index (χ1n) is 7.18. The van der Waals surface area contributed by atoms with Crippen molar-refractivity contribution in [3.8, 4) is 0 Å². The molecule has 19 heavy (non-hydrogen) atoms. The number of carbonyl (C=O) groups is 1. The molecule has 1 aliphatic heterocycles. The molecule has 0 aliphatic carbocycles. The Hall–Kier alpha value is -0.650. The molecule has 1 unspecified atom stereocenters. The van der Waals surface area contributed by atoms with Gasteiger partial charge in [-0.1, -0.05) is 0 Å². The third-order valence-electron chi connectivity index (χ3n) is 3.97. The van der Waals surface area contributed by atoms with Gasteiger partial charge in [-0.25, -0.2) is 0 Å². The van der Waals surface area contributed by atoms with Gasteiger partial charge in [-0.2, -0.15) is 0 Å². The fourth-order valence-electron chi connectivity index (χ4n) is 2.82. The summed E-state index contributed by atoms with van der Waals surface area (Å²) in [6, 6.07) is -0.183. The summed E-state index contributed by atoms with van der Waals surface area (Å²) in [5.74, 6) is -0.0227. The van der Waals surface area contributed by atoms with Crippen LogP contribution in [0.25, 0.3) is 0 Å². The van der Waals surface area contributed by atoms with Crippen LogP contribution in [0.5, 0.6) is 0 Å². The quantitative estimate of drug-likeness (QED) is 0.698. The molecule has 0 aromatic rings. The molecule has 1 heterocycles. The van der Waals surface area contributed by atoms with Gasteiger partial charge in [0.2, 0.25) is 0 Å². The molecule has 112 valence electrons. The molecule has 0 aromatic carbocycles. The average Bonchev–Trinajstić information content (AvgIpc) is 2.38. The molecule has 0 saturated carbocycles. The minimum atomic E-state index is -0.183. The van der Waals surface area contributed by atoms with Gasteiger partial charge in [0.25, 0.3) is 0 Å². The number of aliphatic hydroxyl groups excluding tert-OH is 1. The van der Waals surface area contributed by atoms with Gasteiger partial charge in [-0.15, -0.1) is 0 Å². The third-order valence-corrected chi connectivity index (χ3v) is 3.97. The van der Waals surface area contributed by atoms with Crippen molar-refractivity contribution in [2.45, 2.75) is 51.6 Å². The molecule has 1 saturated heterocycles. The number of hydrogen-bond acceptors (Lipinski definition) is 5. The largest absolute Gasteiger partial charge is 0.466 e. The van der Waals surface area contributed by atoms with Crippen molar-refractivity contribution in [2.75, 3.05) is 26.3 Å². The Morgan fingerprint density at radius 1 is 1.47 bits per heavy atom. The molecule has 0 aromatic heterocycles. The molecule has 0 radical (unpaired) electrons. The van der Waals surface area contributed by atoms with Crippen LogP contribution in [0.1, 0.15) is 40.0 Å². The molecule has 3 N–H and O–H groups in total. The standard InChI is InChI=1S/C14H28N2O3/c1-4-19-13(18)11-5-7-16(8-6-11)14(2,3)9-12(15)10-17/h11-12,17H,4-10,15H2,1-3H3. The Morgan fingerprint density at radius 2 is 2.05 bits per heavy atom. The lowest BCUT2D eigenvalue weighted by Crippen LogP contribution is -2.52. The third kappa shape index (κ3) is 4.75. The van der Waals surface area contributed by atoms with Gasteiger partial charge in [0.15, 0.2) is 0 Å². The van der Waals surface area contributed by atoms with E-state index in [4.69, 9.17) is 15.6 Å². The van der Waals surface area contributed by atoms with Gasteiger partial charge in [-0.05, 0) is 53.1 Å². The van der Waals surface area contributed by atoms with Gasteiger partial charge in [0, 0.05) is 11.6 Å². The second-order valence-corrected chi connectivity index (χ2v) is 5.97. The van der Waals surface area contributed by atoms with Crippen LogP contribution in [-0.4, -0.2) is 53.9 Å². The maximum absolute atomic E-state index is 11.7. The first-order valence-corrected chi connectivity index (χ1v) is 7.18. The van der Waals surface area contributed by atoms with E-state index in [9.17, 15) is 4.79 Å². The van der Waals surface area contributed by atoms with E-state index in [1.165, 1.54) is 0 Å². The number of nitrogens with two attached hydrogens (primary N) is 1. The Morgan fingerprint density at radius 3 is 2.53 bits per heavy atom. The predicted molar refractivity (Wildman–Crippen MR) is 74.7 cm³/mol. The molecule has 0 bridgehead atoms. The highest BCUT2D eigenvalue weighted by molar-refractivity contribution is 5.72. The summed E-state index contributed by atoms with van der Waals surface area (Å²) in [7, 11) is 0. The zero-order valence-corrected chi connectivity index (χ0v) is 12.4. The summed E-state index contributed by atoms with van der Waals surface area (Å²) in [6.45, 7) is 8.37. The van der Waals surface area contributed by atoms with Crippen LogP contribution in [0.2, 0.25) is 0 Å². The summed E-state index contributed by atoms with van der Waals surface area (Å²) in [6.07, 6.45) is 2.45. The lowest BCUT2D eigenvalue weighted by atomic mass is 9.88. The summed E-state index contributed by atoms with van der Waals surface area (Å²) in [5, 5.41) is 9.07. The Bertz CT molecular complexity index is 286. The van der Waals surface area contributed by atoms with Crippen molar-refractivity contribution < 1.29 is 14.6 Å². The zero-order chi connectivity index (χ0) is 14.5. The Kier molecular flexibility index (Phi) is 6.23. The van der Waals surface area contributed by atoms with Crippen LogP contribution in [-0.2, 0) is 9.53 Å². The smallest absolute Gasteiger partial charge is 0.309 e. The van der Waals surface area contributed by atoms with E-state index in [-0.39, 0.29) is 30.1 Å². The second-order valence-electron chi connectivity index (χ2n) is 5.97. The van der Waals surface area contributed by atoms with E-state index in [1.807, 2.05) is 6.92 Å². The molecule has 0 spiro atoms. The van der Waals surface area contributed by atoms with E-state index in [0.717, 1.165) is 32.4 Å². The molecule has 1 atom stereocenters. The lowest BCUT2D eigenvalue weighted by molar-refractivity contribution is -0.150. The van der Waals surface area contributed by atoms with Crippen molar-refractivity contribution in [2.24, 2.45) is 11.7 Å². The first kappa shape index (κ1) is 16.4. The fourth-order valence-corrected chi connectivity index (χ4v) is 2.82. The number of nitrogens with zero attached hydrogens (tertiary/aromatic N) is 1. The summed E-state index contributed by atoms with van der Waals surface area (Å²) in [5.41, 5.74) is 5.79. The van der Waals surface area contributed by atoms with Crippen molar-refractivity contribution in [1.82, 2.24) is 4.90 Å². The number of carbonyl (C=O) groups excluding carboxylic acids is 1. The van der Waals surface area contributed by atoms with Crippen molar-refractivity contribution in [3.05, 3.63) is 0 Å². The minimum Gasteiger partial charge on any atom is -0.466 e. The van der Waals surface area contributed by atoms with Crippen molar-refractivity contribution >= 4 is 5.97 Å². The van der Waals surface area contributed by atoms with Crippen LogP contribution in [0.3, 0.4) is 0 Å². The summed E-state index contributed by atoms with van der Waals surface area (Å²) in [4.78, 5) is 14.0. The first-order chi connectivity index (χ1) is 8.90. The van der Waals surface area contributed by atoms with Gasteiger partial charge in [0.1, 0.15) is 0 Å². The number of ether oxygens (including phenoxy) is 1. The summed E-state index contributed by atoms with van der Waals surface area (Å²) < 4.78 is 5.07. The van der Waals surface area contributed by atoms with Gasteiger partial charge < -0.3 is 15.6 Å². The molecule has 1 fully saturated rings. The van der Waals surface area contributed by atoms with Gasteiger partial charge in [-0.3, -0.25) is 9.69 Å². The molecular weight excluding hydrogens is 244 g/mol. The van der Waals surface area contributed by atoms with E-state index in [1.54, 1.807) is 0 Å². The second kappa shape index (κ2) is 7.22. The molecule has 1 rings (SSSR count). The van der Waals surface area contributed by atoms with E-state index >= 15 is 0 Å². The number of hydrogen-bond donors (Lipinski definition) is 2. The SMILES string of the molecule is CCOC(=O)C1CCN(C(C)(C)CC(N)CO)CC1. The predicted octanol–water partition coefficient (Wildman–Crippen LogP) is 0.750. The fraction of sp³-hybridized carbons (Fsp3) is 0.929. The highest BCUT2D eigenvalue weighted by atomic mass is 16.5. The Labute approximate surface area is 116 Å². The van der Waals surface area contributed by atoms with Crippen LogP contribution >= 0.6 is 0 Å². The molecule has 5 heteroatoms. The van der Waals surface area contributed by atoms with E-state index in [2.05, 4.69) is 18.7 Å². The number of esters is 1. The molecule has 5 nitrogen and oxygen atoms in total. The monoisotopic (exact) mass is 272 g/mol. The van der Waals surface area contributed by atoms with Gasteiger partial charge >= 0.3 is 5.97 Å². The van der Waals surface area contributed by atoms with Crippen LogP contribution in [0.15, 0.2) is 0 Å². The molecule has 1 aliphatic rings. The minimum absolute atomic E-state index is 0.0166. The number of rotatable bonds is 6. The maximum Gasteiger partial charge on any atom is 0.309 e. The van der Waals surface area contributed by atoms with Crippen LogP contribution in [0.4, 0.5) is 0 Å². The number of piperidine rings is 1. The average molecular weight is 272 g/mol. The Balaban J connectivity index is 2.46. The topological polar surface area (TPSA) is 75.8 Å². The highest BCUT2D eigenvalue weighted by Gasteiger charge is 2.34. The van der Waals surface area contributed by atoms with Crippen molar-refractivity contribution in [3.63, 3.8) is 0 Å². The normalized spacial score (nSPS) is 20.3. The van der Waals surface area contributed by atoms with E-state index in [0.29, 0.717) is 6.61 Å². The zero-order valence-electron chi connectivity index (χ0n) is 12.4.